The highest BCUT2D eigenvalue weighted by Crippen LogP contribution is 1.83. The van der Waals surface area contributed by atoms with Gasteiger partial charge in [-0.15, -0.1) is 0 Å². The zero-order chi connectivity index (χ0) is 9.94. The van der Waals surface area contributed by atoms with Gasteiger partial charge in [0, 0.05) is 13.1 Å². The van der Waals surface area contributed by atoms with Gasteiger partial charge in [-0.3, -0.25) is 5.43 Å². The summed E-state index contributed by atoms with van der Waals surface area (Å²) in [4.78, 5) is 0. The summed E-state index contributed by atoms with van der Waals surface area (Å²) in [6.07, 6.45) is 1.60. The van der Waals surface area contributed by atoms with E-state index in [-0.39, 0.29) is 6.61 Å². The van der Waals surface area contributed by atoms with Gasteiger partial charge < -0.3 is 15.5 Å². The third-order valence-corrected chi connectivity index (χ3v) is 1.50. The molecule has 0 saturated carbocycles. The Kier molecular flexibility index (Phi) is 9.73. The van der Waals surface area contributed by atoms with Crippen molar-refractivity contribution in [1.82, 2.24) is 16.2 Å². The van der Waals surface area contributed by atoms with Crippen LogP contribution in [0.25, 0.3) is 0 Å². The molecule has 0 rings (SSSR count). The van der Waals surface area contributed by atoms with Gasteiger partial charge in [0.15, 0.2) is 0 Å². The molecule has 0 aliphatic heterocycles. The monoisotopic (exact) mass is 191 g/mol. The van der Waals surface area contributed by atoms with Gasteiger partial charge in [-0.1, -0.05) is 0 Å². The number of nitrogens with one attached hydrogen (secondary N) is 3. The zero-order valence-corrected chi connectivity index (χ0v) is 8.21. The quantitative estimate of drug-likeness (QED) is 0.179. The van der Waals surface area contributed by atoms with Crippen LogP contribution in [0.5, 0.6) is 0 Å². The summed E-state index contributed by atoms with van der Waals surface area (Å²) in [5.74, 6) is 0. The maximum absolute atomic E-state index is 8.81. The zero-order valence-electron chi connectivity index (χ0n) is 8.21. The summed E-state index contributed by atoms with van der Waals surface area (Å²) < 4.78 is 0. The highest BCUT2D eigenvalue weighted by atomic mass is 16.3. The Morgan fingerprint density at radius 2 is 1.85 bits per heavy atom. The van der Waals surface area contributed by atoms with E-state index in [1.165, 1.54) is 0 Å². The minimum Gasteiger partial charge on any atom is -0.395 e. The van der Waals surface area contributed by atoms with E-state index in [0.29, 0.717) is 6.54 Å². The number of rotatable bonds is 9. The van der Waals surface area contributed by atoms with Crippen molar-refractivity contribution in [3.63, 3.8) is 0 Å². The van der Waals surface area contributed by atoms with Crippen LogP contribution in [0.15, 0.2) is 0 Å². The molecule has 0 bridgehead atoms. The molecule has 0 aromatic heterocycles. The minimum atomic E-state index is -0.507. The van der Waals surface area contributed by atoms with Crippen LogP contribution >= 0.6 is 0 Å². The Hall–Kier alpha value is -0.200. The molecule has 0 aromatic carbocycles. The van der Waals surface area contributed by atoms with Crippen molar-refractivity contribution in [2.45, 2.75) is 26.0 Å². The Morgan fingerprint density at radius 3 is 2.46 bits per heavy atom. The number of hydrogen-bond donors (Lipinski definition) is 5. The summed E-state index contributed by atoms with van der Waals surface area (Å²) in [5.41, 5.74) is 5.59. The van der Waals surface area contributed by atoms with Crippen LogP contribution in [-0.2, 0) is 0 Å². The maximum Gasteiger partial charge on any atom is 0.114 e. The lowest BCUT2D eigenvalue weighted by atomic mass is 10.3. The van der Waals surface area contributed by atoms with Crippen LogP contribution in [0, 0.1) is 0 Å². The molecule has 0 aromatic rings. The smallest absolute Gasteiger partial charge is 0.114 e. The van der Waals surface area contributed by atoms with Gasteiger partial charge in [0.2, 0.25) is 0 Å². The highest BCUT2D eigenvalue weighted by molar-refractivity contribution is 4.49. The molecule has 0 spiro atoms. The summed E-state index contributed by atoms with van der Waals surface area (Å²) >= 11 is 0. The Labute approximate surface area is 79.5 Å². The lowest BCUT2D eigenvalue weighted by molar-refractivity contribution is 0.137. The van der Waals surface area contributed by atoms with E-state index in [1.54, 1.807) is 6.92 Å². The highest BCUT2D eigenvalue weighted by Gasteiger charge is 1.91. The number of unbranched alkanes of at least 4 members (excludes halogenated alkanes) is 1. The predicted molar refractivity (Wildman–Crippen MR) is 52.0 cm³/mol. The molecule has 13 heavy (non-hydrogen) atoms. The Bertz CT molecular complexity index is 101. The first-order chi connectivity index (χ1) is 6.27. The normalized spacial score (nSPS) is 13.2. The number of aliphatic hydroxyl groups excluding tert-OH is 2. The Balaban J connectivity index is 2.84. The van der Waals surface area contributed by atoms with E-state index in [2.05, 4.69) is 16.2 Å². The first-order valence-corrected chi connectivity index (χ1v) is 4.75. The predicted octanol–water partition coefficient (Wildman–Crippen LogP) is -1.22. The summed E-state index contributed by atoms with van der Waals surface area (Å²) in [6, 6.07) is 0. The van der Waals surface area contributed by atoms with Crippen molar-refractivity contribution in [2.75, 3.05) is 26.2 Å². The van der Waals surface area contributed by atoms with E-state index < -0.39 is 6.23 Å². The average molecular weight is 191 g/mol. The summed E-state index contributed by atoms with van der Waals surface area (Å²) in [7, 11) is 0. The van der Waals surface area contributed by atoms with Crippen LogP contribution in [0.4, 0.5) is 0 Å². The van der Waals surface area contributed by atoms with Crippen molar-refractivity contribution in [3.05, 3.63) is 0 Å². The summed E-state index contributed by atoms with van der Waals surface area (Å²) in [6.45, 7) is 4.29. The largest absolute Gasteiger partial charge is 0.395 e. The van der Waals surface area contributed by atoms with E-state index >= 15 is 0 Å². The SMILES string of the molecule is CC(O)NNCCCCNCCO. The minimum absolute atomic E-state index is 0.196. The van der Waals surface area contributed by atoms with Crippen molar-refractivity contribution in [1.29, 1.82) is 0 Å². The molecule has 5 N–H and O–H groups in total. The molecule has 0 saturated heterocycles. The van der Waals surface area contributed by atoms with E-state index in [0.717, 1.165) is 25.9 Å². The van der Waals surface area contributed by atoms with Gasteiger partial charge >= 0.3 is 0 Å². The van der Waals surface area contributed by atoms with E-state index in [1.807, 2.05) is 0 Å². The van der Waals surface area contributed by atoms with E-state index in [4.69, 9.17) is 10.2 Å². The molecule has 80 valence electrons. The molecular formula is C8H21N3O2. The van der Waals surface area contributed by atoms with Gasteiger partial charge in [-0.25, -0.2) is 5.43 Å². The first-order valence-electron chi connectivity index (χ1n) is 4.75. The third-order valence-electron chi connectivity index (χ3n) is 1.50. The van der Waals surface area contributed by atoms with Crippen LogP contribution in [0.3, 0.4) is 0 Å². The van der Waals surface area contributed by atoms with Crippen LogP contribution in [-0.4, -0.2) is 42.7 Å². The average Bonchev–Trinajstić information content (AvgIpc) is 2.09. The Morgan fingerprint density at radius 1 is 1.15 bits per heavy atom. The number of hydrazine groups is 1. The standard InChI is InChI=1S/C8H21N3O2/c1-8(13)11-10-5-3-2-4-9-6-7-12/h8-13H,2-7H2,1H3. The van der Waals surface area contributed by atoms with Crippen molar-refractivity contribution in [2.24, 2.45) is 0 Å². The lowest BCUT2D eigenvalue weighted by Crippen LogP contribution is -2.39. The summed E-state index contributed by atoms with van der Waals surface area (Å²) in [5, 5.41) is 20.4. The second-order valence-electron chi connectivity index (χ2n) is 2.93. The molecular weight excluding hydrogens is 170 g/mol. The lowest BCUT2D eigenvalue weighted by Gasteiger charge is -2.08. The number of aliphatic hydroxyl groups is 2. The molecule has 0 amide bonds. The number of hydrogen-bond acceptors (Lipinski definition) is 5. The molecule has 1 unspecified atom stereocenters. The van der Waals surface area contributed by atoms with Gasteiger partial charge in [0.05, 0.1) is 6.61 Å². The molecule has 0 aliphatic carbocycles. The molecule has 1 atom stereocenters. The van der Waals surface area contributed by atoms with Crippen LogP contribution in [0.1, 0.15) is 19.8 Å². The van der Waals surface area contributed by atoms with Gasteiger partial charge in [0.25, 0.3) is 0 Å². The second kappa shape index (κ2) is 9.88. The van der Waals surface area contributed by atoms with Crippen molar-refractivity contribution < 1.29 is 10.2 Å². The van der Waals surface area contributed by atoms with Crippen LogP contribution < -0.4 is 16.2 Å². The van der Waals surface area contributed by atoms with Gasteiger partial charge in [-0.2, -0.15) is 0 Å². The molecule has 0 aliphatic rings. The first kappa shape index (κ1) is 12.8. The maximum atomic E-state index is 8.81. The molecule has 0 fully saturated rings. The fourth-order valence-electron chi connectivity index (χ4n) is 0.887. The molecule has 5 heteroatoms. The fourth-order valence-corrected chi connectivity index (χ4v) is 0.887. The second-order valence-corrected chi connectivity index (χ2v) is 2.93. The fraction of sp³-hybridized carbons (Fsp3) is 1.00. The van der Waals surface area contributed by atoms with Gasteiger partial charge in [-0.05, 0) is 26.3 Å². The van der Waals surface area contributed by atoms with Gasteiger partial charge in [0.1, 0.15) is 6.23 Å². The third kappa shape index (κ3) is 11.8. The van der Waals surface area contributed by atoms with E-state index in [9.17, 15) is 0 Å². The van der Waals surface area contributed by atoms with Crippen molar-refractivity contribution >= 4 is 0 Å². The molecule has 0 heterocycles. The van der Waals surface area contributed by atoms with Crippen LogP contribution in [0.2, 0.25) is 0 Å². The topological polar surface area (TPSA) is 76.5 Å². The molecule has 5 nitrogen and oxygen atoms in total. The molecule has 0 radical (unpaired) electrons. The van der Waals surface area contributed by atoms with Crippen molar-refractivity contribution in [3.8, 4) is 0 Å².